The molecular weight excluding hydrogens is 546 g/mol. The molecule has 1 fully saturated rings. The number of aliphatic hydroxyl groups excluding tert-OH is 3. The van der Waals surface area contributed by atoms with E-state index in [2.05, 4.69) is 5.32 Å². The second kappa shape index (κ2) is 9.60. The van der Waals surface area contributed by atoms with E-state index in [4.69, 9.17) is 22.9 Å². The van der Waals surface area contributed by atoms with Gasteiger partial charge in [0.05, 0.1) is 34.8 Å². The molecule has 42 heavy (non-hydrogen) atoms. The van der Waals surface area contributed by atoms with Crippen LogP contribution in [0.25, 0.3) is 5.76 Å². The number of benzene rings is 1. The molecule has 13 N–H and O–H groups in total. The number of carbonyl (C=O) groups excluding carboxylic acids is 3. The van der Waals surface area contributed by atoms with Gasteiger partial charge in [-0.25, -0.2) is 0 Å². The number of aromatic hydroxyl groups is 1. The largest absolute Gasteiger partial charge is 0.509 e. The summed E-state index contributed by atoms with van der Waals surface area (Å²) in [4.78, 5) is 41.4. The molecule has 0 spiro atoms. The Morgan fingerprint density at radius 3 is 2.26 bits per heavy atom. The number of amides is 1. The number of carbonyl (C=O) groups is 3. The van der Waals surface area contributed by atoms with E-state index < -0.39 is 80.6 Å². The number of nitrogens with two attached hydrogens (primary N) is 4. The number of likely N-dealkylation sites (N-methyl/N-ethyl adjacent to an activating group) is 1. The van der Waals surface area contributed by atoms with Crippen LogP contribution in [0, 0.1) is 22.2 Å². The highest BCUT2D eigenvalue weighted by Gasteiger charge is 2.79. The number of Topliss-reactive ketones (excluding diaryl/α,β-unsaturated/α-hetero) is 2. The van der Waals surface area contributed by atoms with Crippen LogP contribution in [0.3, 0.4) is 0 Å². The third-order valence-electron chi connectivity index (χ3n) is 8.61. The summed E-state index contributed by atoms with van der Waals surface area (Å²) in [6.45, 7) is 6.79. The normalized spacial score (nSPS) is 32.8. The smallest absolute Gasteiger partial charge is 0.255 e. The molecule has 3 aliphatic carbocycles. The molecule has 0 aromatic heterocycles. The zero-order chi connectivity index (χ0) is 31.9. The number of hydrogen-bond donors (Lipinski definition) is 9. The van der Waals surface area contributed by atoms with Crippen molar-refractivity contribution in [1.82, 2.24) is 10.2 Å². The first-order chi connectivity index (χ1) is 19.3. The van der Waals surface area contributed by atoms with Gasteiger partial charge in [-0.2, -0.15) is 5.26 Å². The number of primary amides is 1. The number of nitriles is 1. The summed E-state index contributed by atoms with van der Waals surface area (Å²) in [6, 6.07) is 1.33. The monoisotopic (exact) mass is 583 g/mol. The molecule has 0 aliphatic heterocycles. The van der Waals surface area contributed by atoms with Crippen molar-refractivity contribution in [2.45, 2.75) is 56.6 Å². The number of phenols is 1. The molecule has 14 nitrogen and oxygen atoms in total. The van der Waals surface area contributed by atoms with Crippen molar-refractivity contribution in [3.63, 3.8) is 0 Å². The van der Waals surface area contributed by atoms with E-state index in [9.17, 15) is 40.1 Å². The van der Waals surface area contributed by atoms with Crippen LogP contribution in [-0.2, 0) is 20.9 Å². The topological polar surface area (TPSA) is 275 Å². The fourth-order valence-electron chi connectivity index (χ4n) is 6.64. The predicted molar refractivity (Wildman–Crippen MR) is 150 cm³/mol. The van der Waals surface area contributed by atoms with Gasteiger partial charge in [-0.15, -0.1) is 0 Å². The molecule has 0 unspecified atom stereocenters. The highest BCUT2D eigenvalue weighted by atomic mass is 16.3. The third-order valence-corrected chi connectivity index (χ3v) is 8.61. The van der Waals surface area contributed by atoms with Crippen LogP contribution in [0.2, 0.25) is 0 Å². The molecule has 1 aromatic carbocycles. The summed E-state index contributed by atoms with van der Waals surface area (Å²) in [6.07, 6.45) is -2.26. The molecule has 226 valence electrons. The Morgan fingerprint density at radius 2 is 1.76 bits per heavy atom. The Labute approximate surface area is 242 Å². The Hall–Kier alpha value is -3.84. The molecule has 6 atom stereocenters. The highest BCUT2D eigenvalue weighted by Crippen LogP contribution is 2.60. The van der Waals surface area contributed by atoms with Crippen molar-refractivity contribution < 1.29 is 34.8 Å². The lowest BCUT2D eigenvalue weighted by molar-refractivity contribution is -0.153. The summed E-state index contributed by atoms with van der Waals surface area (Å²) in [7, 11) is 2.68. The molecule has 1 saturated carbocycles. The Morgan fingerprint density at radius 1 is 1.17 bits per heavy atom. The first kappa shape index (κ1) is 31.1. The second-order valence-corrected chi connectivity index (χ2v) is 12.7. The number of hydrogen-bond acceptors (Lipinski definition) is 13. The summed E-state index contributed by atoms with van der Waals surface area (Å²) in [5, 5.41) is 59.7. The van der Waals surface area contributed by atoms with Crippen molar-refractivity contribution >= 4 is 23.2 Å². The van der Waals surface area contributed by atoms with Gasteiger partial charge in [-0.1, -0.05) is 32.9 Å². The molecule has 0 radical (unpaired) electrons. The molecule has 3 aliphatic rings. The van der Waals surface area contributed by atoms with E-state index in [-0.39, 0.29) is 23.1 Å². The number of fused-ring (bicyclic) bond motifs is 3. The zero-order valence-corrected chi connectivity index (χ0v) is 24.0. The lowest BCUT2D eigenvalue weighted by Gasteiger charge is -2.62. The van der Waals surface area contributed by atoms with Gasteiger partial charge in [0.1, 0.15) is 34.5 Å². The Bertz CT molecular complexity index is 1520. The van der Waals surface area contributed by atoms with E-state index in [1.54, 1.807) is 12.1 Å². The molecule has 0 bridgehead atoms. The fraction of sp³-hybridized carbons (Fsp3) is 0.500. The first-order valence-corrected chi connectivity index (χ1v) is 13.2. The number of phenolic OH excluding ortho intramolecular Hbond substituents is 1. The van der Waals surface area contributed by atoms with Gasteiger partial charge >= 0.3 is 0 Å². The minimum atomic E-state index is -3.02. The zero-order valence-electron chi connectivity index (χ0n) is 24.0. The minimum absolute atomic E-state index is 0.0526. The maximum Gasteiger partial charge on any atom is 0.255 e. The van der Waals surface area contributed by atoms with E-state index in [1.165, 1.54) is 20.2 Å². The van der Waals surface area contributed by atoms with Crippen LogP contribution in [-0.4, -0.2) is 86.7 Å². The molecule has 4 rings (SSSR count). The van der Waals surface area contributed by atoms with Crippen molar-refractivity contribution in [3.05, 3.63) is 45.7 Å². The summed E-state index contributed by atoms with van der Waals surface area (Å²) >= 11 is 0. The van der Waals surface area contributed by atoms with Crippen LogP contribution in [0.1, 0.15) is 43.5 Å². The molecule has 0 heterocycles. The van der Waals surface area contributed by atoms with Crippen molar-refractivity contribution in [2.75, 3.05) is 20.6 Å². The van der Waals surface area contributed by atoms with Crippen molar-refractivity contribution in [3.8, 4) is 11.8 Å². The van der Waals surface area contributed by atoms with Crippen LogP contribution < -0.4 is 28.3 Å². The van der Waals surface area contributed by atoms with Gasteiger partial charge in [-0.3, -0.25) is 19.3 Å². The van der Waals surface area contributed by atoms with E-state index in [1.807, 2.05) is 20.8 Å². The minimum Gasteiger partial charge on any atom is -0.509 e. The van der Waals surface area contributed by atoms with Crippen molar-refractivity contribution in [2.24, 2.45) is 33.8 Å². The lowest BCUT2D eigenvalue weighted by Crippen LogP contribution is -2.87. The first-order valence-electron chi connectivity index (χ1n) is 13.2. The second-order valence-electron chi connectivity index (χ2n) is 12.7. The standard InChI is InChI=1S/C28H37N7O7/c1-25(2,3)10-34-8-11-6-7-12-13(16(11)36)17(37)15-22(40)26(9-29)21(39)14(23(31)41)18(38)20(35(4)5)28(26,33)24(42)27(15,32)19(12)30/h6-7,19-20,24,34,36-37,39,42H,8,10,30,32-33H2,1-5H3,(H2,31,41)/t19-,20+,24-,26-,27+,28-/m0/s1. The third kappa shape index (κ3) is 3.68. The van der Waals surface area contributed by atoms with Crippen LogP contribution in [0.15, 0.2) is 29.0 Å². The van der Waals surface area contributed by atoms with Gasteiger partial charge in [0, 0.05) is 18.7 Å². The van der Waals surface area contributed by atoms with Gasteiger partial charge < -0.3 is 48.7 Å². The van der Waals surface area contributed by atoms with Gasteiger partial charge in [0.25, 0.3) is 5.91 Å². The molecular formula is C28H37N7O7. The van der Waals surface area contributed by atoms with Crippen LogP contribution in [0.5, 0.6) is 5.75 Å². The number of aliphatic hydroxyl groups is 3. The lowest BCUT2D eigenvalue weighted by atomic mass is 9.45. The average molecular weight is 584 g/mol. The van der Waals surface area contributed by atoms with E-state index >= 15 is 0 Å². The summed E-state index contributed by atoms with van der Waals surface area (Å²) in [5.41, 5.74) is 15.4. The number of ketones is 2. The maximum absolute atomic E-state index is 14.5. The van der Waals surface area contributed by atoms with Crippen molar-refractivity contribution in [1.29, 1.82) is 5.26 Å². The number of rotatable bonds is 5. The predicted octanol–water partition coefficient (Wildman–Crippen LogP) is -1.53. The van der Waals surface area contributed by atoms with E-state index in [0.29, 0.717) is 12.1 Å². The Kier molecular flexibility index (Phi) is 7.11. The number of nitrogens with zero attached hydrogens (tertiary/aromatic N) is 2. The molecule has 14 heteroatoms. The van der Waals surface area contributed by atoms with Crippen LogP contribution in [0.4, 0.5) is 0 Å². The molecule has 0 saturated heterocycles. The maximum atomic E-state index is 14.5. The van der Waals surface area contributed by atoms with Crippen LogP contribution >= 0.6 is 0 Å². The molecule has 1 aromatic rings. The molecule has 1 amide bonds. The quantitative estimate of drug-likeness (QED) is 0.178. The van der Waals surface area contributed by atoms with Gasteiger partial charge in [-0.05, 0) is 25.1 Å². The highest BCUT2D eigenvalue weighted by molar-refractivity contribution is 6.26. The van der Waals surface area contributed by atoms with Gasteiger partial charge in [0.2, 0.25) is 0 Å². The van der Waals surface area contributed by atoms with Gasteiger partial charge in [0.15, 0.2) is 17.0 Å². The fourth-order valence-corrected chi connectivity index (χ4v) is 6.64. The summed E-state index contributed by atoms with van der Waals surface area (Å²) < 4.78 is 0. The SMILES string of the molecule is CN(C)[C@@H]1C(=O)C(C(N)=O)=C(O)[C@@]2(C#N)C(=O)C3=C(O)c4c(ccc(CNCC(C)(C)C)c4O)[C@H](N)[C@@]3(N)[C@H](O)[C@@]12N. The number of nitrogens with one attached hydrogen (secondary N) is 1. The van der Waals surface area contributed by atoms with E-state index in [0.717, 1.165) is 4.90 Å². The average Bonchev–Trinajstić information content (AvgIpc) is 2.86. The Balaban J connectivity index is 2.06. The summed E-state index contributed by atoms with van der Waals surface area (Å²) in [5.74, 6) is -6.72.